The summed E-state index contributed by atoms with van der Waals surface area (Å²) in [4.78, 5) is 0. The molecule has 2 aromatic rings. The van der Waals surface area contributed by atoms with Gasteiger partial charge in [-0.25, -0.2) is 0 Å². The van der Waals surface area contributed by atoms with Gasteiger partial charge < -0.3 is 19.3 Å². The lowest BCUT2D eigenvalue weighted by molar-refractivity contribution is -0.238. The van der Waals surface area contributed by atoms with E-state index in [1.807, 2.05) is 31.2 Å². The van der Waals surface area contributed by atoms with Crippen LogP contribution in [0.1, 0.15) is 43.4 Å². The van der Waals surface area contributed by atoms with Gasteiger partial charge in [-0.2, -0.15) is 0 Å². The maximum Gasteiger partial charge on any atom is 0.196 e. The average Bonchev–Trinajstić information content (AvgIpc) is 2.98. The molecule has 0 radical (unpaired) electrons. The third-order valence-corrected chi connectivity index (χ3v) is 6.06. The van der Waals surface area contributed by atoms with Crippen molar-refractivity contribution in [1.82, 2.24) is 0 Å². The van der Waals surface area contributed by atoms with Crippen molar-refractivity contribution in [2.75, 3.05) is 19.8 Å². The van der Waals surface area contributed by atoms with E-state index < -0.39 is 11.4 Å². The molecule has 0 aliphatic carbocycles. The summed E-state index contributed by atoms with van der Waals surface area (Å²) in [6, 6.07) is 14.1. The second-order valence-electron chi connectivity index (χ2n) is 8.06. The minimum absolute atomic E-state index is 0.0221. The van der Waals surface area contributed by atoms with Crippen LogP contribution in [0.5, 0.6) is 5.75 Å². The Bertz CT molecular complexity index is 837. The number of hydrogen-bond donors (Lipinski definition) is 1. The zero-order valence-corrected chi connectivity index (χ0v) is 17.2. The van der Waals surface area contributed by atoms with Gasteiger partial charge in [0.25, 0.3) is 0 Å². The van der Waals surface area contributed by atoms with E-state index in [-0.39, 0.29) is 6.61 Å². The first-order valence-corrected chi connectivity index (χ1v) is 10.3. The number of benzene rings is 2. The molecule has 2 aromatic carbocycles. The lowest BCUT2D eigenvalue weighted by Gasteiger charge is -2.40. The summed E-state index contributed by atoms with van der Waals surface area (Å²) in [6.07, 6.45) is 2.31. The van der Waals surface area contributed by atoms with Crippen LogP contribution in [0, 0.1) is 5.92 Å². The number of ether oxygens (including phenoxy) is 3. The fourth-order valence-electron chi connectivity index (χ4n) is 4.46. The van der Waals surface area contributed by atoms with Crippen LogP contribution in [0.4, 0.5) is 0 Å². The highest BCUT2D eigenvalue weighted by Gasteiger charge is 2.56. The number of aliphatic hydroxyl groups excluding tert-OH is 1. The first-order valence-electron chi connectivity index (χ1n) is 9.93. The van der Waals surface area contributed by atoms with Gasteiger partial charge in [-0.1, -0.05) is 36.7 Å². The van der Waals surface area contributed by atoms with Crippen LogP contribution < -0.4 is 4.74 Å². The molecule has 2 bridgehead atoms. The third-order valence-electron chi connectivity index (χ3n) is 5.69. The fourth-order valence-corrected chi connectivity index (χ4v) is 4.65. The molecule has 0 amide bonds. The highest BCUT2D eigenvalue weighted by molar-refractivity contribution is 6.31. The molecular formula is C23H27ClO4. The molecule has 0 saturated carbocycles. The van der Waals surface area contributed by atoms with Crippen molar-refractivity contribution in [3.05, 3.63) is 64.2 Å². The van der Waals surface area contributed by atoms with Crippen molar-refractivity contribution in [1.29, 1.82) is 0 Å². The fraction of sp³-hybridized carbons (Fsp3) is 0.478. The summed E-state index contributed by atoms with van der Waals surface area (Å²) < 4.78 is 18.0. The summed E-state index contributed by atoms with van der Waals surface area (Å²) in [5.41, 5.74) is 2.58. The minimum Gasteiger partial charge on any atom is -0.494 e. The van der Waals surface area contributed by atoms with Crippen LogP contribution >= 0.6 is 11.6 Å². The third kappa shape index (κ3) is 3.67. The average molecular weight is 403 g/mol. The van der Waals surface area contributed by atoms with E-state index in [0.717, 1.165) is 46.7 Å². The van der Waals surface area contributed by atoms with Gasteiger partial charge in [-0.15, -0.1) is 0 Å². The Labute approximate surface area is 171 Å². The molecule has 28 heavy (non-hydrogen) atoms. The van der Waals surface area contributed by atoms with Gasteiger partial charge in [0.2, 0.25) is 0 Å². The molecule has 1 N–H and O–H groups in total. The van der Waals surface area contributed by atoms with E-state index in [2.05, 4.69) is 25.1 Å². The van der Waals surface area contributed by atoms with Gasteiger partial charge in [0.15, 0.2) is 5.79 Å². The van der Waals surface area contributed by atoms with Crippen molar-refractivity contribution in [3.63, 3.8) is 0 Å². The summed E-state index contributed by atoms with van der Waals surface area (Å²) in [6.45, 7) is 5.22. The van der Waals surface area contributed by atoms with Gasteiger partial charge >= 0.3 is 0 Å². The maximum absolute atomic E-state index is 9.87. The second-order valence-corrected chi connectivity index (χ2v) is 8.47. The number of aliphatic hydroxyl groups is 1. The predicted octanol–water partition coefficient (Wildman–Crippen LogP) is 4.69. The van der Waals surface area contributed by atoms with Gasteiger partial charge in [0, 0.05) is 17.0 Å². The molecule has 4 nitrogen and oxygen atoms in total. The maximum atomic E-state index is 9.87. The molecule has 3 atom stereocenters. The quantitative estimate of drug-likeness (QED) is 0.761. The molecule has 0 unspecified atom stereocenters. The van der Waals surface area contributed by atoms with Crippen molar-refractivity contribution in [2.45, 2.75) is 44.5 Å². The molecule has 5 heteroatoms. The van der Waals surface area contributed by atoms with Crippen molar-refractivity contribution >= 4 is 11.6 Å². The molecule has 0 spiro atoms. The summed E-state index contributed by atoms with van der Waals surface area (Å²) in [5.74, 6) is 0.487. The highest BCUT2D eigenvalue weighted by Crippen LogP contribution is 2.51. The van der Waals surface area contributed by atoms with E-state index in [0.29, 0.717) is 19.1 Å². The molecule has 0 aromatic heterocycles. The molecule has 2 saturated heterocycles. The van der Waals surface area contributed by atoms with E-state index in [1.54, 1.807) is 0 Å². The first-order chi connectivity index (χ1) is 13.5. The molecule has 150 valence electrons. The largest absolute Gasteiger partial charge is 0.494 e. The van der Waals surface area contributed by atoms with E-state index >= 15 is 0 Å². The van der Waals surface area contributed by atoms with Crippen LogP contribution in [-0.4, -0.2) is 30.5 Å². The normalized spacial score (nSPS) is 29.1. The predicted molar refractivity (Wildman–Crippen MR) is 109 cm³/mol. The zero-order valence-electron chi connectivity index (χ0n) is 16.4. The number of halogens is 1. The number of fused-ring (bicyclic) bond motifs is 2. The zero-order chi connectivity index (χ0) is 19.8. The summed E-state index contributed by atoms with van der Waals surface area (Å²) in [7, 11) is 0. The van der Waals surface area contributed by atoms with Gasteiger partial charge in [0.1, 0.15) is 11.4 Å². The molecule has 2 aliphatic heterocycles. The Morgan fingerprint density at radius 2 is 1.96 bits per heavy atom. The summed E-state index contributed by atoms with van der Waals surface area (Å²) >= 11 is 6.50. The van der Waals surface area contributed by atoms with Crippen LogP contribution in [0.2, 0.25) is 5.02 Å². The SMILES string of the molecule is CCOc1ccc(Cc2cc([C@]34C[C@@H](C)C[C@](CO)(CO3)O4)ccc2Cl)cc1. The van der Waals surface area contributed by atoms with Crippen molar-refractivity contribution in [2.24, 2.45) is 5.92 Å². The first kappa shape index (κ1) is 19.7. The summed E-state index contributed by atoms with van der Waals surface area (Å²) in [5, 5.41) is 10.6. The van der Waals surface area contributed by atoms with Crippen molar-refractivity contribution < 1.29 is 19.3 Å². The molecule has 2 fully saturated rings. The Morgan fingerprint density at radius 3 is 2.68 bits per heavy atom. The van der Waals surface area contributed by atoms with Crippen LogP contribution in [0.25, 0.3) is 0 Å². The smallest absolute Gasteiger partial charge is 0.196 e. The van der Waals surface area contributed by atoms with Crippen LogP contribution in [0.15, 0.2) is 42.5 Å². The Balaban J connectivity index is 1.60. The standard InChI is InChI=1S/C23H27ClO4/c1-3-26-20-7-4-17(5-8-20)10-18-11-19(6-9-21(18)24)23-13-16(2)12-22(14-25,28-23)15-27-23/h4-9,11,16,25H,3,10,12-15H2,1-2H3/t16-,22-,23+/m0/s1. The van der Waals surface area contributed by atoms with Gasteiger partial charge in [0.05, 0.1) is 19.8 Å². The lowest BCUT2D eigenvalue weighted by Crippen LogP contribution is -2.45. The Hall–Kier alpha value is -1.59. The monoisotopic (exact) mass is 402 g/mol. The molecular weight excluding hydrogens is 376 g/mol. The Morgan fingerprint density at radius 1 is 1.18 bits per heavy atom. The lowest BCUT2D eigenvalue weighted by atomic mass is 9.83. The highest BCUT2D eigenvalue weighted by atomic mass is 35.5. The second kappa shape index (κ2) is 7.68. The molecule has 2 heterocycles. The molecule has 2 aliphatic rings. The molecule has 4 rings (SSSR count). The number of rotatable bonds is 6. The van der Waals surface area contributed by atoms with Crippen molar-refractivity contribution in [3.8, 4) is 5.75 Å². The van der Waals surface area contributed by atoms with Gasteiger partial charge in [-0.3, -0.25) is 0 Å². The minimum atomic E-state index is -0.793. The van der Waals surface area contributed by atoms with E-state index in [4.69, 9.17) is 25.8 Å². The topological polar surface area (TPSA) is 47.9 Å². The number of hydrogen-bond acceptors (Lipinski definition) is 4. The van der Waals surface area contributed by atoms with Crippen LogP contribution in [0.3, 0.4) is 0 Å². The van der Waals surface area contributed by atoms with Crippen LogP contribution in [-0.2, 0) is 21.7 Å². The van der Waals surface area contributed by atoms with Gasteiger partial charge in [-0.05, 0) is 61.1 Å². The Kier molecular flexibility index (Phi) is 5.41. The van der Waals surface area contributed by atoms with E-state index in [9.17, 15) is 5.11 Å². The van der Waals surface area contributed by atoms with E-state index in [1.165, 1.54) is 0 Å².